The van der Waals surface area contributed by atoms with Gasteiger partial charge in [-0.25, -0.2) is 9.97 Å². The molecule has 0 unspecified atom stereocenters. The lowest BCUT2D eigenvalue weighted by molar-refractivity contribution is 0.838. The molecule has 0 bridgehead atoms. The summed E-state index contributed by atoms with van der Waals surface area (Å²) in [5.41, 5.74) is 16.5. The van der Waals surface area contributed by atoms with Gasteiger partial charge >= 0.3 is 0 Å². The van der Waals surface area contributed by atoms with Crippen LogP contribution in [0.1, 0.15) is 5.56 Å². The molecule has 0 atom stereocenters. The third-order valence-electron chi connectivity index (χ3n) is 4.28. The number of H-pyrrole nitrogens is 1. The van der Waals surface area contributed by atoms with Crippen molar-refractivity contribution in [3.63, 3.8) is 0 Å². The van der Waals surface area contributed by atoms with Gasteiger partial charge in [-0.3, -0.25) is 0 Å². The molecule has 0 amide bonds. The van der Waals surface area contributed by atoms with Crippen molar-refractivity contribution in [3.8, 4) is 0 Å². The second-order valence-electron chi connectivity index (χ2n) is 6.17. The topological polar surface area (TPSA) is 98.5 Å². The standard InChI is InChI=1S/C14H13N3.C7H7N3/c15-14-16-12-8-4-5-9-13(12)17(14)10-11-6-2-1-3-7-11;8-7-9-5-3-1-2-4-6(5)10-7/h1-9H,10H2,(H2,15,16);1-4H,(H3,8,9,10). The Morgan fingerprint density at radius 2 is 1.41 bits per heavy atom. The second-order valence-corrected chi connectivity index (χ2v) is 6.17. The maximum absolute atomic E-state index is 5.95. The molecule has 0 aliphatic carbocycles. The lowest BCUT2D eigenvalue weighted by atomic mass is 10.2. The molecule has 5 aromatic rings. The Morgan fingerprint density at radius 3 is 2.19 bits per heavy atom. The van der Waals surface area contributed by atoms with Crippen molar-refractivity contribution < 1.29 is 0 Å². The first-order valence-electron chi connectivity index (χ1n) is 8.65. The minimum atomic E-state index is 0.473. The largest absolute Gasteiger partial charge is 0.369 e. The van der Waals surface area contributed by atoms with Crippen molar-refractivity contribution in [2.45, 2.75) is 6.54 Å². The third kappa shape index (κ3) is 3.59. The molecule has 6 heteroatoms. The van der Waals surface area contributed by atoms with Crippen LogP contribution in [0, 0.1) is 0 Å². The number of hydrogen-bond donors (Lipinski definition) is 3. The van der Waals surface area contributed by atoms with E-state index in [-0.39, 0.29) is 0 Å². The summed E-state index contributed by atoms with van der Waals surface area (Å²) in [6.07, 6.45) is 0. The van der Waals surface area contributed by atoms with Crippen LogP contribution in [0.4, 0.5) is 11.9 Å². The van der Waals surface area contributed by atoms with Crippen molar-refractivity contribution in [3.05, 3.63) is 84.4 Å². The number of aromatic nitrogens is 4. The maximum Gasteiger partial charge on any atom is 0.201 e. The number of hydrogen-bond acceptors (Lipinski definition) is 4. The van der Waals surface area contributed by atoms with Crippen molar-refractivity contribution in [2.24, 2.45) is 0 Å². The van der Waals surface area contributed by atoms with Gasteiger partial charge in [0.25, 0.3) is 0 Å². The van der Waals surface area contributed by atoms with E-state index in [0.717, 1.165) is 28.6 Å². The van der Waals surface area contributed by atoms with Gasteiger partial charge in [0.15, 0.2) is 5.95 Å². The molecule has 134 valence electrons. The summed E-state index contributed by atoms with van der Waals surface area (Å²) in [4.78, 5) is 11.3. The number of anilines is 2. The number of nitrogen functional groups attached to an aromatic ring is 2. The van der Waals surface area contributed by atoms with Crippen LogP contribution in [0.5, 0.6) is 0 Å². The Labute approximate surface area is 156 Å². The number of nitrogens with one attached hydrogen (secondary N) is 1. The number of fused-ring (bicyclic) bond motifs is 2. The van der Waals surface area contributed by atoms with Crippen LogP contribution in [0.3, 0.4) is 0 Å². The molecule has 0 aliphatic heterocycles. The molecule has 2 heterocycles. The molecular formula is C21H20N6. The van der Waals surface area contributed by atoms with Crippen molar-refractivity contribution in [2.75, 3.05) is 11.5 Å². The molecule has 0 saturated heterocycles. The summed E-state index contributed by atoms with van der Waals surface area (Å²) in [5.74, 6) is 1.04. The highest BCUT2D eigenvalue weighted by Crippen LogP contribution is 2.18. The van der Waals surface area contributed by atoms with Gasteiger partial charge in [0.1, 0.15) is 0 Å². The number of nitrogens with two attached hydrogens (primary N) is 2. The monoisotopic (exact) mass is 356 g/mol. The summed E-state index contributed by atoms with van der Waals surface area (Å²) in [5, 5.41) is 0. The predicted octanol–water partition coefficient (Wildman–Crippen LogP) is 3.81. The highest BCUT2D eigenvalue weighted by Gasteiger charge is 2.07. The van der Waals surface area contributed by atoms with Gasteiger partial charge in [-0.1, -0.05) is 54.6 Å². The van der Waals surface area contributed by atoms with E-state index in [2.05, 4.69) is 27.1 Å². The van der Waals surface area contributed by atoms with Crippen LogP contribution in [0.25, 0.3) is 22.1 Å². The van der Waals surface area contributed by atoms with Crippen LogP contribution < -0.4 is 11.5 Å². The van der Waals surface area contributed by atoms with Crippen molar-refractivity contribution in [1.29, 1.82) is 0 Å². The zero-order valence-corrected chi connectivity index (χ0v) is 14.7. The van der Waals surface area contributed by atoms with E-state index in [4.69, 9.17) is 11.5 Å². The van der Waals surface area contributed by atoms with Gasteiger partial charge in [-0.05, 0) is 29.8 Å². The van der Waals surface area contributed by atoms with E-state index in [1.807, 2.05) is 71.3 Å². The normalized spacial score (nSPS) is 10.7. The summed E-state index contributed by atoms with van der Waals surface area (Å²) in [7, 11) is 0. The van der Waals surface area contributed by atoms with Crippen LogP contribution in [0.2, 0.25) is 0 Å². The molecule has 0 spiro atoms. The quantitative estimate of drug-likeness (QED) is 0.448. The first kappa shape index (κ1) is 16.7. The summed E-state index contributed by atoms with van der Waals surface area (Å²) in [6, 6.07) is 26.0. The molecule has 0 radical (unpaired) electrons. The second kappa shape index (κ2) is 7.21. The Bertz CT molecular complexity index is 1140. The Balaban J connectivity index is 0.000000153. The Hall–Kier alpha value is -3.80. The summed E-state index contributed by atoms with van der Waals surface area (Å²) < 4.78 is 2.03. The zero-order valence-electron chi connectivity index (χ0n) is 14.7. The van der Waals surface area contributed by atoms with Crippen molar-refractivity contribution in [1.82, 2.24) is 19.5 Å². The minimum Gasteiger partial charge on any atom is -0.369 e. The van der Waals surface area contributed by atoms with Crippen LogP contribution in [-0.2, 0) is 6.54 Å². The van der Waals surface area contributed by atoms with Crippen LogP contribution in [0.15, 0.2) is 78.9 Å². The average molecular weight is 356 g/mol. The zero-order chi connectivity index (χ0) is 18.6. The molecule has 0 fully saturated rings. The molecule has 5 N–H and O–H groups in total. The number of benzene rings is 3. The molecule has 6 nitrogen and oxygen atoms in total. The third-order valence-corrected chi connectivity index (χ3v) is 4.28. The van der Waals surface area contributed by atoms with E-state index in [0.29, 0.717) is 11.9 Å². The minimum absolute atomic E-state index is 0.473. The van der Waals surface area contributed by atoms with Crippen molar-refractivity contribution >= 4 is 34.0 Å². The average Bonchev–Trinajstić information content (AvgIpc) is 3.22. The number of imidazole rings is 2. The highest BCUT2D eigenvalue weighted by molar-refractivity contribution is 5.78. The first-order valence-corrected chi connectivity index (χ1v) is 8.65. The summed E-state index contributed by atoms with van der Waals surface area (Å²) in [6.45, 7) is 0.757. The highest BCUT2D eigenvalue weighted by atomic mass is 15.1. The maximum atomic E-state index is 5.95. The molecule has 0 saturated carbocycles. The fraction of sp³-hybridized carbons (Fsp3) is 0.0476. The SMILES string of the molecule is Nc1nc2ccccc2[nH]1.Nc1nc2ccccc2n1Cc1ccccc1. The van der Waals surface area contributed by atoms with E-state index in [1.165, 1.54) is 5.56 Å². The molecule has 2 aromatic heterocycles. The van der Waals surface area contributed by atoms with Gasteiger partial charge in [-0.15, -0.1) is 0 Å². The number of rotatable bonds is 2. The van der Waals surface area contributed by atoms with Gasteiger partial charge < -0.3 is 21.0 Å². The lowest BCUT2D eigenvalue weighted by Gasteiger charge is -2.06. The van der Waals surface area contributed by atoms with Crippen LogP contribution in [-0.4, -0.2) is 19.5 Å². The van der Waals surface area contributed by atoms with Gasteiger partial charge in [0.05, 0.1) is 28.6 Å². The van der Waals surface area contributed by atoms with Gasteiger partial charge in [0, 0.05) is 0 Å². The Morgan fingerprint density at radius 1 is 0.741 bits per heavy atom. The smallest absolute Gasteiger partial charge is 0.201 e. The number of para-hydroxylation sites is 4. The summed E-state index contributed by atoms with van der Waals surface area (Å²) >= 11 is 0. The first-order chi connectivity index (χ1) is 13.2. The molecule has 27 heavy (non-hydrogen) atoms. The van der Waals surface area contributed by atoms with E-state index in [1.54, 1.807) is 0 Å². The van der Waals surface area contributed by atoms with Crippen LogP contribution >= 0.6 is 0 Å². The number of nitrogens with zero attached hydrogens (tertiary/aromatic N) is 3. The predicted molar refractivity (Wildman–Crippen MR) is 110 cm³/mol. The molecule has 0 aliphatic rings. The Kier molecular flexibility index (Phi) is 4.45. The van der Waals surface area contributed by atoms with Gasteiger partial charge in [-0.2, -0.15) is 0 Å². The van der Waals surface area contributed by atoms with E-state index in [9.17, 15) is 0 Å². The number of aromatic amines is 1. The van der Waals surface area contributed by atoms with E-state index >= 15 is 0 Å². The molecular weight excluding hydrogens is 336 g/mol. The lowest BCUT2D eigenvalue weighted by Crippen LogP contribution is -2.04. The molecule has 5 rings (SSSR count). The van der Waals surface area contributed by atoms with Gasteiger partial charge in [0.2, 0.25) is 5.95 Å². The molecule has 3 aromatic carbocycles. The fourth-order valence-electron chi connectivity index (χ4n) is 3.00. The fourth-order valence-corrected chi connectivity index (χ4v) is 3.00. The van der Waals surface area contributed by atoms with E-state index < -0.39 is 0 Å².